The van der Waals surface area contributed by atoms with Gasteiger partial charge in [-0.25, -0.2) is 4.99 Å². The molecule has 1 aromatic rings. The third-order valence-corrected chi connectivity index (χ3v) is 4.16. The van der Waals surface area contributed by atoms with Crippen molar-refractivity contribution in [3.8, 4) is 11.5 Å². The van der Waals surface area contributed by atoms with Crippen molar-refractivity contribution in [2.75, 3.05) is 31.6 Å². The lowest BCUT2D eigenvalue weighted by atomic mass is 10.1. The number of ether oxygens (including phenoxy) is 2. The Kier molecular flexibility index (Phi) is 6.08. The summed E-state index contributed by atoms with van der Waals surface area (Å²) < 4.78 is 11.4. The van der Waals surface area contributed by atoms with E-state index < -0.39 is 0 Å². The number of rotatable bonds is 5. The lowest BCUT2D eigenvalue weighted by Crippen LogP contribution is -2.42. The number of aliphatic imine (C=N–C) groups is 1. The number of fused-ring (bicyclic) bond motifs is 1. The standard InChI is InChI=1S/C20H30N4O3/c1-20(2,3)24-18(25)13-22-19(21-12-14-5-6-14)23-15-7-8-16-17(11-15)27-10-4-9-26-16/h7-8,11,14H,4-6,9-10,12-13H2,1-3H3,(H,24,25)(H2,21,22,23). The molecular weight excluding hydrogens is 344 g/mol. The van der Waals surface area contributed by atoms with Gasteiger partial charge in [0.05, 0.1) is 13.2 Å². The zero-order valence-corrected chi connectivity index (χ0v) is 16.4. The van der Waals surface area contributed by atoms with Gasteiger partial charge in [0.25, 0.3) is 0 Å². The first-order valence-electron chi connectivity index (χ1n) is 9.65. The quantitative estimate of drug-likeness (QED) is 0.545. The predicted octanol–water partition coefficient (Wildman–Crippen LogP) is 2.53. The molecule has 0 unspecified atom stereocenters. The van der Waals surface area contributed by atoms with Gasteiger partial charge in [0.2, 0.25) is 5.91 Å². The molecule has 0 spiro atoms. The molecule has 3 rings (SSSR count). The van der Waals surface area contributed by atoms with E-state index in [0.29, 0.717) is 25.1 Å². The van der Waals surface area contributed by atoms with Gasteiger partial charge < -0.3 is 25.4 Å². The molecule has 148 valence electrons. The Hall–Kier alpha value is -2.44. The number of hydrogen-bond donors (Lipinski definition) is 3. The van der Waals surface area contributed by atoms with E-state index in [1.807, 2.05) is 39.0 Å². The Morgan fingerprint density at radius 2 is 1.93 bits per heavy atom. The van der Waals surface area contributed by atoms with Crippen LogP contribution in [-0.4, -0.2) is 43.7 Å². The molecule has 1 saturated carbocycles. The van der Waals surface area contributed by atoms with E-state index in [9.17, 15) is 4.79 Å². The van der Waals surface area contributed by atoms with Crippen LogP contribution in [0.4, 0.5) is 5.69 Å². The number of carbonyl (C=O) groups is 1. The monoisotopic (exact) mass is 374 g/mol. The second-order valence-electron chi connectivity index (χ2n) is 8.12. The summed E-state index contributed by atoms with van der Waals surface area (Å²) in [7, 11) is 0. The van der Waals surface area contributed by atoms with Crippen LogP contribution in [0.2, 0.25) is 0 Å². The van der Waals surface area contributed by atoms with Gasteiger partial charge >= 0.3 is 0 Å². The maximum absolute atomic E-state index is 12.1. The number of carbonyl (C=O) groups excluding carboxylic acids is 1. The van der Waals surface area contributed by atoms with Crippen molar-refractivity contribution in [1.29, 1.82) is 0 Å². The Balaban J connectivity index is 1.66. The van der Waals surface area contributed by atoms with Crippen LogP contribution in [0, 0.1) is 5.92 Å². The fraction of sp³-hybridized carbons (Fsp3) is 0.600. The summed E-state index contributed by atoms with van der Waals surface area (Å²) in [6, 6.07) is 5.73. The summed E-state index contributed by atoms with van der Waals surface area (Å²) in [6.07, 6.45) is 3.36. The van der Waals surface area contributed by atoms with Crippen LogP contribution in [0.1, 0.15) is 40.0 Å². The van der Waals surface area contributed by atoms with Gasteiger partial charge in [-0.2, -0.15) is 0 Å². The molecule has 1 aromatic carbocycles. The van der Waals surface area contributed by atoms with Crippen LogP contribution in [-0.2, 0) is 4.79 Å². The minimum absolute atomic E-state index is 0.0713. The molecule has 0 aromatic heterocycles. The number of amides is 1. The van der Waals surface area contributed by atoms with Gasteiger partial charge in [0.15, 0.2) is 17.5 Å². The first-order valence-corrected chi connectivity index (χ1v) is 9.65. The number of benzene rings is 1. The highest BCUT2D eigenvalue weighted by molar-refractivity contribution is 5.95. The minimum atomic E-state index is -0.268. The summed E-state index contributed by atoms with van der Waals surface area (Å²) in [5.74, 6) is 2.68. The van der Waals surface area contributed by atoms with Crippen molar-refractivity contribution in [3.63, 3.8) is 0 Å². The van der Waals surface area contributed by atoms with Gasteiger partial charge in [0.1, 0.15) is 6.54 Å². The predicted molar refractivity (Wildman–Crippen MR) is 107 cm³/mol. The number of anilines is 1. The van der Waals surface area contributed by atoms with Crippen molar-refractivity contribution in [3.05, 3.63) is 18.2 Å². The van der Waals surface area contributed by atoms with E-state index in [1.54, 1.807) is 0 Å². The third kappa shape index (κ3) is 6.66. The molecule has 0 radical (unpaired) electrons. The maximum atomic E-state index is 12.1. The first-order chi connectivity index (χ1) is 12.9. The number of nitrogens with one attached hydrogen (secondary N) is 3. The summed E-state index contributed by atoms with van der Waals surface area (Å²) in [5, 5.41) is 9.53. The summed E-state index contributed by atoms with van der Waals surface area (Å²) in [5.41, 5.74) is 0.577. The van der Waals surface area contributed by atoms with Crippen molar-refractivity contribution in [2.24, 2.45) is 10.9 Å². The Morgan fingerprint density at radius 1 is 1.19 bits per heavy atom. The first kappa shape index (κ1) is 19.3. The van der Waals surface area contributed by atoms with Crippen molar-refractivity contribution in [2.45, 2.75) is 45.6 Å². The van der Waals surface area contributed by atoms with Crippen LogP contribution < -0.4 is 25.4 Å². The molecule has 1 heterocycles. The largest absolute Gasteiger partial charge is 0.490 e. The molecular formula is C20H30N4O3. The normalized spacial score (nSPS) is 17.1. The summed E-state index contributed by atoms with van der Waals surface area (Å²) in [4.78, 5) is 16.5. The second kappa shape index (κ2) is 8.50. The zero-order valence-electron chi connectivity index (χ0n) is 16.4. The molecule has 7 heteroatoms. The van der Waals surface area contributed by atoms with Crippen molar-refractivity contribution < 1.29 is 14.3 Å². The summed E-state index contributed by atoms with van der Waals surface area (Å²) in [6.45, 7) is 8.10. The van der Waals surface area contributed by atoms with E-state index in [1.165, 1.54) is 12.8 Å². The van der Waals surface area contributed by atoms with E-state index in [2.05, 4.69) is 20.9 Å². The fourth-order valence-corrected chi connectivity index (χ4v) is 2.69. The van der Waals surface area contributed by atoms with Gasteiger partial charge in [-0.05, 0) is 51.7 Å². The highest BCUT2D eigenvalue weighted by Crippen LogP contribution is 2.32. The molecule has 0 bridgehead atoms. The summed E-state index contributed by atoms with van der Waals surface area (Å²) >= 11 is 0. The Bertz CT molecular complexity index is 693. The Labute approximate surface area is 160 Å². The molecule has 1 amide bonds. The van der Waals surface area contributed by atoms with E-state index in [-0.39, 0.29) is 18.0 Å². The van der Waals surface area contributed by atoms with E-state index >= 15 is 0 Å². The van der Waals surface area contributed by atoms with Gasteiger partial charge in [-0.3, -0.25) is 4.79 Å². The molecule has 2 aliphatic rings. The second-order valence-corrected chi connectivity index (χ2v) is 8.12. The average molecular weight is 374 g/mol. The molecule has 27 heavy (non-hydrogen) atoms. The van der Waals surface area contributed by atoms with Gasteiger partial charge in [-0.15, -0.1) is 0 Å². The van der Waals surface area contributed by atoms with Crippen molar-refractivity contribution >= 4 is 17.6 Å². The maximum Gasteiger partial charge on any atom is 0.242 e. The molecule has 3 N–H and O–H groups in total. The van der Waals surface area contributed by atoms with E-state index in [0.717, 1.165) is 30.2 Å². The Morgan fingerprint density at radius 3 is 2.63 bits per heavy atom. The lowest BCUT2D eigenvalue weighted by molar-refractivity contribution is -0.121. The number of guanidine groups is 1. The minimum Gasteiger partial charge on any atom is -0.490 e. The highest BCUT2D eigenvalue weighted by Gasteiger charge is 2.21. The SMILES string of the molecule is CC(C)(C)NC(=O)CN=C(NCC1CC1)Nc1ccc2c(c1)OCCCO2. The van der Waals surface area contributed by atoms with Gasteiger partial charge in [0, 0.05) is 30.3 Å². The number of hydrogen-bond acceptors (Lipinski definition) is 4. The molecule has 1 fully saturated rings. The van der Waals surface area contributed by atoms with Crippen LogP contribution in [0.25, 0.3) is 0 Å². The van der Waals surface area contributed by atoms with Crippen molar-refractivity contribution in [1.82, 2.24) is 10.6 Å². The molecule has 1 aliphatic heterocycles. The highest BCUT2D eigenvalue weighted by atomic mass is 16.5. The van der Waals surface area contributed by atoms with Crippen LogP contribution in [0.5, 0.6) is 11.5 Å². The smallest absolute Gasteiger partial charge is 0.242 e. The molecule has 0 saturated heterocycles. The molecule has 7 nitrogen and oxygen atoms in total. The lowest BCUT2D eigenvalue weighted by Gasteiger charge is -2.20. The molecule has 0 atom stereocenters. The average Bonchev–Trinajstić information content (AvgIpc) is 3.42. The van der Waals surface area contributed by atoms with Crippen LogP contribution in [0.3, 0.4) is 0 Å². The fourth-order valence-electron chi connectivity index (χ4n) is 2.69. The zero-order chi connectivity index (χ0) is 19.3. The topological polar surface area (TPSA) is 84.0 Å². The third-order valence-electron chi connectivity index (χ3n) is 4.16. The van der Waals surface area contributed by atoms with Crippen LogP contribution in [0.15, 0.2) is 23.2 Å². The van der Waals surface area contributed by atoms with Gasteiger partial charge in [-0.1, -0.05) is 0 Å². The number of nitrogens with zero attached hydrogens (tertiary/aromatic N) is 1. The van der Waals surface area contributed by atoms with Crippen LogP contribution >= 0.6 is 0 Å². The van der Waals surface area contributed by atoms with E-state index in [4.69, 9.17) is 9.47 Å². The molecule has 1 aliphatic carbocycles.